The van der Waals surface area contributed by atoms with E-state index < -0.39 is 0 Å². The number of allylic oxidation sites excluding steroid dienone is 2. The van der Waals surface area contributed by atoms with E-state index in [2.05, 4.69) is 117 Å². The molecule has 0 saturated carbocycles. The van der Waals surface area contributed by atoms with Crippen LogP contribution >= 0.6 is 0 Å². The first kappa shape index (κ1) is 27.9. The van der Waals surface area contributed by atoms with Gasteiger partial charge in [0.15, 0.2) is 0 Å². The van der Waals surface area contributed by atoms with E-state index in [1.54, 1.807) is 0 Å². The molecule has 222 valence electrons. The van der Waals surface area contributed by atoms with Crippen molar-refractivity contribution in [3.63, 3.8) is 0 Å². The molecule has 0 radical (unpaired) electrons. The fourth-order valence-corrected chi connectivity index (χ4v) is 7.14. The number of hydrogen-bond donors (Lipinski definition) is 0. The van der Waals surface area contributed by atoms with Crippen LogP contribution in [0.15, 0.2) is 155 Å². The number of benzene rings is 4. The van der Waals surface area contributed by atoms with Crippen molar-refractivity contribution in [3.05, 3.63) is 163 Å². The fraction of sp³-hybridized carbons (Fsp3) is 0.119. The number of aromatic nitrogens is 1. The van der Waals surface area contributed by atoms with Gasteiger partial charge in [0.25, 0.3) is 0 Å². The zero-order chi connectivity index (χ0) is 31.2. The van der Waals surface area contributed by atoms with Gasteiger partial charge in [-0.15, -0.1) is 0 Å². The van der Waals surface area contributed by atoms with Gasteiger partial charge in [-0.25, -0.2) is 4.98 Å². The minimum atomic E-state index is 0.0473. The molecule has 4 nitrogen and oxygen atoms in total. The van der Waals surface area contributed by atoms with Gasteiger partial charge < -0.3 is 4.42 Å². The Morgan fingerprint density at radius 1 is 0.717 bits per heavy atom. The summed E-state index contributed by atoms with van der Waals surface area (Å²) in [7, 11) is 0. The van der Waals surface area contributed by atoms with E-state index in [-0.39, 0.29) is 12.0 Å². The number of aryl methyl sites for hydroxylation is 1. The van der Waals surface area contributed by atoms with Crippen LogP contribution in [0.3, 0.4) is 0 Å². The summed E-state index contributed by atoms with van der Waals surface area (Å²) in [5.74, 6) is 0.244. The van der Waals surface area contributed by atoms with Crippen LogP contribution in [0.25, 0.3) is 44.5 Å². The Labute approximate surface area is 268 Å². The highest BCUT2D eigenvalue weighted by Gasteiger charge is 2.32. The Morgan fingerprint density at radius 3 is 2.24 bits per heavy atom. The van der Waals surface area contributed by atoms with Crippen LogP contribution in [0.4, 0.5) is 0 Å². The molecule has 4 heteroatoms. The van der Waals surface area contributed by atoms with Gasteiger partial charge in [-0.1, -0.05) is 111 Å². The lowest BCUT2D eigenvalue weighted by Gasteiger charge is -2.32. The van der Waals surface area contributed by atoms with Crippen molar-refractivity contribution in [2.45, 2.75) is 31.2 Å². The van der Waals surface area contributed by atoms with Gasteiger partial charge in [0.2, 0.25) is 5.71 Å². The predicted octanol–water partition coefficient (Wildman–Crippen LogP) is 10.3. The summed E-state index contributed by atoms with van der Waals surface area (Å²) in [6.45, 7) is 12.6. The second-order valence-corrected chi connectivity index (χ2v) is 12.1. The molecule has 0 fully saturated rings. The van der Waals surface area contributed by atoms with Crippen LogP contribution in [0.5, 0.6) is 0 Å². The van der Waals surface area contributed by atoms with E-state index in [1.807, 2.05) is 18.2 Å². The van der Waals surface area contributed by atoms with Crippen molar-refractivity contribution in [2.24, 2.45) is 9.98 Å². The summed E-state index contributed by atoms with van der Waals surface area (Å²) in [6, 6.07) is 36.1. The van der Waals surface area contributed by atoms with Crippen molar-refractivity contribution in [3.8, 4) is 22.4 Å². The molecule has 6 aromatic rings. The number of nitrogens with zero attached hydrogens (tertiary/aromatic N) is 3. The highest BCUT2D eigenvalue weighted by atomic mass is 16.3. The number of fused-ring (bicyclic) bond motifs is 8. The largest absolute Gasteiger partial charge is 0.437 e. The van der Waals surface area contributed by atoms with Crippen molar-refractivity contribution in [1.29, 1.82) is 0 Å². The van der Waals surface area contributed by atoms with Crippen molar-refractivity contribution >= 4 is 33.5 Å². The monoisotopic (exact) mass is 595 g/mol. The number of hydrogen-bond acceptors (Lipinski definition) is 4. The summed E-state index contributed by atoms with van der Waals surface area (Å²) in [6.07, 6.45) is 6.13. The highest BCUT2D eigenvalue weighted by molar-refractivity contribution is 6.20. The maximum atomic E-state index is 6.63. The molecule has 0 amide bonds. The molecule has 46 heavy (non-hydrogen) atoms. The quantitative estimate of drug-likeness (QED) is 0.204. The van der Waals surface area contributed by atoms with Gasteiger partial charge in [-0.05, 0) is 59.4 Å². The van der Waals surface area contributed by atoms with E-state index >= 15 is 0 Å². The molecule has 0 aliphatic carbocycles. The van der Waals surface area contributed by atoms with Crippen LogP contribution in [-0.2, 0) is 6.42 Å². The van der Waals surface area contributed by atoms with Crippen LogP contribution in [-0.4, -0.2) is 22.4 Å². The zero-order valence-electron chi connectivity index (χ0n) is 25.6. The van der Waals surface area contributed by atoms with E-state index in [0.29, 0.717) is 12.1 Å². The smallest absolute Gasteiger partial charge is 0.227 e. The van der Waals surface area contributed by atoms with Gasteiger partial charge in [-0.3, -0.25) is 9.98 Å². The molecule has 0 N–H and O–H groups in total. The molecule has 2 aliphatic rings. The van der Waals surface area contributed by atoms with Gasteiger partial charge in [0, 0.05) is 45.5 Å². The summed E-state index contributed by atoms with van der Waals surface area (Å²) in [5, 5.41) is 2.00. The molecule has 2 unspecified atom stereocenters. The van der Waals surface area contributed by atoms with Crippen LogP contribution in [0.2, 0.25) is 0 Å². The first-order valence-corrected chi connectivity index (χ1v) is 15.8. The zero-order valence-corrected chi connectivity index (χ0v) is 25.6. The highest BCUT2D eigenvalue weighted by Crippen LogP contribution is 2.40. The molecule has 0 saturated heterocycles. The number of rotatable bonds is 4. The van der Waals surface area contributed by atoms with Crippen LogP contribution in [0.1, 0.15) is 41.0 Å². The average Bonchev–Trinajstić information content (AvgIpc) is 3.48. The molecular formula is C42H33N3O. The Kier molecular flexibility index (Phi) is 6.91. The van der Waals surface area contributed by atoms with E-state index in [1.165, 1.54) is 27.8 Å². The summed E-state index contributed by atoms with van der Waals surface area (Å²) >= 11 is 0. The maximum absolute atomic E-state index is 6.63. The second kappa shape index (κ2) is 11.4. The third-order valence-corrected chi connectivity index (χ3v) is 9.38. The summed E-state index contributed by atoms with van der Waals surface area (Å²) < 4.78 is 6.63. The number of aliphatic imine (C=N–C) groups is 2. The van der Waals surface area contributed by atoms with Crippen LogP contribution in [0, 0.1) is 0 Å². The second-order valence-electron chi connectivity index (χ2n) is 12.1. The van der Waals surface area contributed by atoms with E-state index in [4.69, 9.17) is 19.4 Å². The molecule has 8 rings (SSSR count). The summed E-state index contributed by atoms with van der Waals surface area (Å²) in [5.41, 5.74) is 12.8. The van der Waals surface area contributed by atoms with Gasteiger partial charge >= 0.3 is 0 Å². The lowest BCUT2D eigenvalue weighted by molar-refractivity contribution is 0.490. The molecule has 2 atom stereocenters. The lowest BCUT2D eigenvalue weighted by atomic mass is 9.78. The molecule has 0 spiro atoms. The first-order chi connectivity index (χ1) is 22.6. The standard InChI is InChI=1S/C42H33N3O/c1-4-36-32-14-10-9-13-31(32)33-21-19-30-20-22-34-35-23-24-38(29-17-15-28(16-18-29)27-11-7-6-8-12-27)45-42(35)46-41(34)40(30)37(5-2)43-26(3)25-39(33)44-36/h4-18,20,22-24,33,39H,1-3,19,21,25H2/b43-37-. The third kappa shape index (κ3) is 4.74. The Morgan fingerprint density at radius 2 is 1.43 bits per heavy atom. The van der Waals surface area contributed by atoms with E-state index in [0.717, 1.165) is 63.1 Å². The Bertz CT molecular complexity index is 2230. The first-order valence-electron chi connectivity index (χ1n) is 15.8. The van der Waals surface area contributed by atoms with Crippen molar-refractivity contribution in [2.75, 3.05) is 0 Å². The molecule has 2 aromatic heterocycles. The summed E-state index contributed by atoms with van der Waals surface area (Å²) in [4.78, 5) is 15.2. The number of pyridine rings is 1. The molecule has 0 bridgehead atoms. The van der Waals surface area contributed by atoms with Gasteiger partial charge in [0.05, 0.1) is 23.2 Å². The maximum Gasteiger partial charge on any atom is 0.227 e. The number of furan rings is 1. The SMILES string of the molecule is C=CC1=NC2CC(=C)/N=C(/C=C)c3c(ccc4c3oc3nc(-c5ccc(-c6ccccc6)cc5)ccc34)CCC2c2ccccc21. The lowest BCUT2D eigenvalue weighted by Crippen LogP contribution is -2.27. The van der Waals surface area contributed by atoms with Crippen molar-refractivity contribution < 1.29 is 4.42 Å². The topological polar surface area (TPSA) is 50.8 Å². The fourth-order valence-electron chi connectivity index (χ4n) is 7.14. The minimum Gasteiger partial charge on any atom is -0.437 e. The van der Waals surface area contributed by atoms with Gasteiger partial charge in [0.1, 0.15) is 5.58 Å². The Balaban J connectivity index is 1.21. The Hall–Kier alpha value is -5.61. The third-order valence-electron chi connectivity index (χ3n) is 9.38. The molecule has 2 aliphatic heterocycles. The van der Waals surface area contributed by atoms with E-state index in [9.17, 15) is 0 Å². The molecular weight excluding hydrogens is 562 g/mol. The van der Waals surface area contributed by atoms with Crippen LogP contribution < -0.4 is 0 Å². The normalized spacial score (nSPS) is 18.9. The minimum absolute atomic E-state index is 0.0473. The predicted molar refractivity (Wildman–Crippen MR) is 191 cm³/mol. The van der Waals surface area contributed by atoms with Gasteiger partial charge in [-0.2, -0.15) is 0 Å². The average molecular weight is 596 g/mol. The molecule has 4 heterocycles. The van der Waals surface area contributed by atoms with Crippen molar-refractivity contribution in [1.82, 2.24) is 4.98 Å². The molecule has 4 aromatic carbocycles.